The molecule has 2 aromatic rings. The molecule has 92 valence electrons. The Balaban J connectivity index is 2.29. The highest BCUT2D eigenvalue weighted by Gasteiger charge is 2.05. The molecular weight excluding hydrogens is 228 g/mol. The van der Waals surface area contributed by atoms with Gasteiger partial charge in [-0.3, -0.25) is 9.59 Å². The molecule has 0 spiro atoms. The van der Waals surface area contributed by atoms with Crippen LogP contribution in [0.3, 0.4) is 0 Å². The van der Waals surface area contributed by atoms with Gasteiger partial charge in [-0.25, -0.2) is 0 Å². The van der Waals surface area contributed by atoms with E-state index in [1.807, 2.05) is 30.4 Å². The molecular formula is C14H14N2O2. The quantitative estimate of drug-likeness (QED) is 0.807. The van der Waals surface area contributed by atoms with Crippen molar-refractivity contribution in [3.8, 4) is 0 Å². The van der Waals surface area contributed by atoms with E-state index in [0.717, 1.165) is 22.8 Å². The first-order valence-corrected chi connectivity index (χ1v) is 5.68. The van der Waals surface area contributed by atoms with E-state index in [4.69, 9.17) is 0 Å². The van der Waals surface area contributed by atoms with E-state index in [9.17, 15) is 9.59 Å². The van der Waals surface area contributed by atoms with Gasteiger partial charge < -0.3 is 10.3 Å². The molecule has 4 heteroatoms. The highest BCUT2D eigenvalue weighted by Crippen LogP contribution is 2.22. The number of amides is 1. The van der Waals surface area contributed by atoms with Gasteiger partial charge in [-0.05, 0) is 11.6 Å². The molecule has 0 saturated carbocycles. The molecule has 0 unspecified atom stereocenters. The normalized spacial score (nSPS) is 10.9. The molecule has 0 saturated heterocycles. The number of nitrogens with one attached hydrogen (secondary N) is 2. The van der Waals surface area contributed by atoms with E-state index in [2.05, 4.69) is 10.3 Å². The van der Waals surface area contributed by atoms with Crippen LogP contribution in [0.2, 0.25) is 0 Å². The molecule has 0 atom stereocenters. The van der Waals surface area contributed by atoms with Crippen molar-refractivity contribution in [1.29, 1.82) is 0 Å². The third-order valence-electron chi connectivity index (χ3n) is 2.66. The first kappa shape index (κ1) is 12.1. The summed E-state index contributed by atoms with van der Waals surface area (Å²) in [4.78, 5) is 24.7. The topological polar surface area (TPSA) is 62.0 Å². The number of aromatic amines is 1. The largest absolute Gasteiger partial charge is 0.360 e. The van der Waals surface area contributed by atoms with Crippen LogP contribution in [0, 0.1) is 0 Å². The molecule has 0 bridgehead atoms. The summed E-state index contributed by atoms with van der Waals surface area (Å²) in [6.45, 7) is 1.96. The van der Waals surface area contributed by atoms with Crippen LogP contribution in [0.1, 0.15) is 22.8 Å². The molecule has 4 nitrogen and oxygen atoms in total. The van der Waals surface area contributed by atoms with E-state index in [0.29, 0.717) is 12.1 Å². The molecule has 18 heavy (non-hydrogen) atoms. The number of carbonyl (C=O) groups excluding carboxylic acids is 2. The van der Waals surface area contributed by atoms with Crippen molar-refractivity contribution in [3.05, 3.63) is 41.6 Å². The summed E-state index contributed by atoms with van der Waals surface area (Å²) in [5.74, 6) is -0.0620. The van der Waals surface area contributed by atoms with Crippen LogP contribution in [0.25, 0.3) is 17.0 Å². The maximum Gasteiger partial charge on any atom is 0.217 e. The lowest BCUT2D eigenvalue weighted by atomic mass is 10.1. The lowest BCUT2D eigenvalue weighted by Crippen LogP contribution is -2.19. The predicted octanol–water partition coefficient (Wildman–Crippen LogP) is 2.13. The van der Waals surface area contributed by atoms with Crippen molar-refractivity contribution < 1.29 is 9.59 Å². The first-order valence-electron chi connectivity index (χ1n) is 5.68. The van der Waals surface area contributed by atoms with Gasteiger partial charge in [0.1, 0.15) is 0 Å². The van der Waals surface area contributed by atoms with E-state index in [1.165, 1.54) is 6.92 Å². The Kier molecular flexibility index (Phi) is 3.57. The zero-order valence-corrected chi connectivity index (χ0v) is 10.1. The van der Waals surface area contributed by atoms with Crippen molar-refractivity contribution >= 4 is 29.2 Å². The second-order valence-electron chi connectivity index (χ2n) is 3.97. The SMILES string of the molecule is CC(=O)NCC=Cc1cccc2[nH]cc(C=O)c12. The zero-order chi connectivity index (χ0) is 13.0. The Morgan fingerprint density at radius 2 is 2.22 bits per heavy atom. The average molecular weight is 242 g/mol. The van der Waals surface area contributed by atoms with Gasteiger partial charge in [0.2, 0.25) is 5.91 Å². The van der Waals surface area contributed by atoms with Crippen LogP contribution in [0.5, 0.6) is 0 Å². The minimum absolute atomic E-state index is 0.0620. The van der Waals surface area contributed by atoms with E-state index in [1.54, 1.807) is 6.20 Å². The van der Waals surface area contributed by atoms with Crippen molar-refractivity contribution in [2.75, 3.05) is 6.54 Å². The van der Waals surface area contributed by atoms with Gasteiger partial charge in [0, 0.05) is 36.1 Å². The third kappa shape index (κ3) is 2.48. The lowest BCUT2D eigenvalue weighted by Gasteiger charge is -1.99. The fourth-order valence-electron chi connectivity index (χ4n) is 1.86. The van der Waals surface area contributed by atoms with Crippen LogP contribution in [-0.2, 0) is 4.79 Å². The highest BCUT2D eigenvalue weighted by atomic mass is 16.1. The first-order chi connectivity index (χ1) is 8.72. The van der Waals surface area contributed by atoms with Gasteiger partial charge in [-0.2, -0.15) is 0 Å². The average Bonchev–Trinajstić information content (AvgIpc) is 2.78. The number of aldehydes is 1. The van der Waals surface area contributed by atoms with Gasteiger partial charge in [0.05, 0.1) is 0 Å². The second kappa shape index (κ2) is 5.31. The van der Waals surface area contributed by atoms with Crippen LogP contribution >= 0.6 is 0 Å². The second-order valence-corrected chi connectivity index (χ2v) is 3.97. The Morgan fingerprint density at radius 3 is 2.94 bits per heavy atom. The summed E-state index contributed by atoms with van der Waals surface area (Å²) in [6, 6.07) is 5.78. The van der Waals surface area contributed by atoms with E-state index >= 15 is 0 Å². The number of rotatable bonds is 4. The number of fused-ring (bicyclic) bond motifs is 1. The molecule has 0 aliphatic rings. The zero-order valence-electron chi connectivity index (χ0n) is 10.1. The van der Waals surface area contributed by atoms with Crippen molar-refractivity contribution in [3.63, 3.8) is 0 Å². The molecule has 2 N–H and O–H groups in total. The van der Waals surface area contributed by atoms with E-state index < -0.39 is 0 Å². The molecule has 0 radical (unpaired) electrons. The monoisotopic (exact) mass is 242 g/mol. The maximum absolute atomic E-state index is 11.0. The minimum atomic E-state index is -0.0620. The Labute approximate surface area is 105 Å². The van der Waals surface area contributed by atoms with Gasteiger partial charge >= 0.3 is 0 Å². The number of aromatic nitrogens is 1. The fraction of sp³-hybridized carbons (Fsp3) is 0.143. The molecule has 0 aliphatic carbocycles. The van der Waals surface area contributed by atoms with Crippen LogP contribution in [-0.4, -0.2) is 23.7 Å². The molecule has 0 aliphatic heterocycles. The van der Waals surface area contributed by atoms with Crippen LogP contribution in [0.4, 0.5) is 0 Å². The van der Waals surface area contributed by atoms with Crippen molar-refractivity contribution in [1.82, 2.24) is 10.3 Å². The van der Waals surface area contributed by atoms with Gasteiger partial charge in [-0.1, -0.05) is 24.3 Å². The van der Waals surface area contributed by atoms with Crippen molar-refractivity contribution in [2.45, 2.75) is 6.92 Å². The summed E-state index contributed by atoms with van der Waals surface area (Å²) in [5.41, 5.74) is 2.53. The number of carbonyl (C=O) groups is 2. The molecule has 0 fully saturated rings. The molecule has 1 heterocycles. The molecule has 1 aromatic heterocycles. The Morgan fingerprint density at radius 1 is 1.39 bits per heavy atom. The smallest absolute Gasteiger partial charge is 0.217 e. The Bertz CT molecular complexity index is 611. The predicted molar refractivity (Wildman–Crippen MR) is 71.4 cm³/mol. The summed E-state index contributed by atoms with van der Waals surface area (Å²) >= 11 is 0. The highest BCUT2D eigenvalue weighted by molar-refractivity contribution is 6.01. The van der Waals surface area contributed by atoms with Gasteiger partial charge in [0.15, 0.2) is 6.29 Å². The standard InChI is InChI=1S/C14H14N2O2/c1-10(18)15-7-3-5-11-4-2-6-13-14(11)12(9-17)8-16-13/h2-6,8-9,16H,7H2,1H3,(H,15,18). The summed E-state index contributed by atoms with van der Waals surface area (Å²) < 4.78 is 0. The van der Waals surface area contributed by atoms with Gasteiger partial charge in [-0.15, -0.1) is 0 Å². The Hall–Kier alpha value is -2.36. The summed E-state index contributed by atoms with van der Waals surface area (Å²) in [5, 5.41) is 3.59. The van der Waals surface area contributed by atoms with E-state index in [-0.39, 0.29) is 5.91 Å². The number of hydrogen-bond donors (Lipinski definition) is 2. The fourth-order valence-corrected chi connectivity index (χ4v) is 1.86. The minimum Gasteiger partial charge on any atom is -0.360 e. The third-order valence-corrected chi connectivity index (χ3v) is 2.66. The lowest BCUT2D eigenvalue weighted by molar-refractivity contribution is -0.118. The molecule has 1 amide bonds. The summed E-state index contributed by atoms with van der Waals surface area (Å²) in [6.07, 6.45) is 6.30. The van der Waals surface area contributed by atoms with Gasteiger partial charge in [0.25, 0.3) is 0 Å². The maximum atomic E-state index is 11.0. The number of hydrogen-bond acceptors (Lipinski definition) is 2. The van der Waals surface area contributed by atoms with Crippen LogP contribution in [0.15, 0.2) is 30.5 Å². The van der Waals surface area contributed by atoms with Crippen LogP contribution < -0.4 is 5.32 Å². The molecule has 2 rings (SSSR count). The molecule has 1 aromatic carbocycles. The number of H-pyrrole nitrogens is 1. The summed E-state index contributed by atoms with van der Waals surface area (Å²) in [7, 11) is 0. The van der Waals surface area contributed by atoms with Crippen molar-refractivity contribution in [2.24, 2.45) is 0 Å². The number of benzene rings is 1.